The van der Waals surface area contributed by atoms with Gasteiger partial charge in [-0.3, -0.25) is 14.5 Å². The smallest absolute Gasteiger partial charge is 0.387 e. The van der Waals surface area contributed by atoms with Gasteiger partial charge in [-0.25, -0.2) is 0 Å². The largest absolute Gasteiger partial charge is 0.433 e. The van der Waals surface area contributed by atoms with Gasteiger partial charge in [0.2, 0.25) is 5.91 Å². The van der Waals surface area contributed by atoms with Gasteiger partial charge in [0, 0.05) is 37.4 Å². The molecule has 1 aliphatic carbocycles. The van der Waals surface area contributed by atoms with E-state index < -0.39 is 12.7 Å². The number of hydrogen-bond acceptors (Lipinski definition) is 6. The highest BCUT2D eigenvalue weighted by Crippen LogP contribution is 2.35. The SMILES string of the molecule is CC(C)(C)CN(C1CC1)[C@@H](CN)C(=O)Nc1ccc(N2CCOCC2=O)c(OC(F)F)c1. The first-order valence-electron chi connectivity index (χ1n) is 10.8. The zero-order valence-electron chi connectivity index (χ0n) is 18.8. The number of rotatable bonds is 9. The molecule has 0 spiro atoms. The maximum Gasteiger partial charge on any atom is 0.387 e. The van der Waals surface area contributed by atoms with Crippen molar-refractivity contribution in [3.05, 3.63) is 18.2 Å². The number of amides is 2. The van der Waals surface area contributed by atoms with Crippen LogP contribution in [0.4, 0.5) is 20.2 Å². The molecular formula is C22H32F2N4O4. The average molecular weight is 455 g/mol. The number of anilines is 2. The molecule has 1 saturated carbocycles. The van der Waals surface area contributed by atoms with E-state index in [4.69, 9.17) is 10.5 Å². The van der Waals surface area contributed by atoms with Gasteiger partial charge in [-0.05, 0) is 30.4 Å². The van der Waals surface area contributed by atoms with Gasteiger partial charge >= 0.3 is 6.61 Å². The fourth-order valence-corrected chi connectivity index (χ4v) is 3.84. The molecular weight excluding hydrogens is 422 g/mol. The van der Waals surface area contributed by atoms with Crippen LogP contribution in [0.15, 0.2) is 18.2 Å². The number of alkyl halides is 2. The molecule has 3 rings (SSSR count). The Morgan fingerprint density at radius 3 is 2.66 bits per heavy atom. The number of ether oxygens (including phenoxy) is 2. The van der Waals surface area contributed by atoms with E-state index in [1.807, 2.05) is 0 Å². The number of nitrogens with one attached hydrogen (secondary N) is 1. The van der Waals surface area contributed by atoms with Gasteiger partial charge in [-0.1, -0.05) is 20.8 Å². The molecule has 0 bridgehead atoms. The maximum absolute atomic E-state index is 13.1. The third-order valence-corrected chi connectivity index (χ3v) is 5.32. The van der Waals surface area contributed by atoms with Crippen LogP contribution in [0, 0.1) is 5.41 Å². The first kappa shape index (κ1) is 24.3. The first-order chi connectivity index (χ1) is 15.1. The molecule has 1 atom stereocenters. The van der Waals surface area contributed by atoms with E-state index in [-0.39, 0.29) is 48.4 Å². The van der Waals surface area contributed by atoms with Crippen molar-refractivity contribution in [3.8, 4) is 5.75 Å². The average Bonchev–Trinajstić information content (AvgIpc) is 3.52. The van der Waals surface area contributed by atoms with Gasteiger partial charge in [-0.15, -0.1) is 0 Å². The second kappa shape index (κ2) is 10.1. The molecule has 2 aliphatic rings. The van der Waals surface area contributed by atoms with E-state index >= 15 is 0 Å². The number of benzene rings is 1. The van der Waals surface area contributed by atoms with Gasteiger partial charge in [0.15, 0.2) is 5.75 Å². The topological polar surface area (TPSA) is 97.1 Å². The van der Waals surface area contributed by atoms with E-state index in [0.717, 1.165) is 12.8 Å². The predicted octanol–water partition coefficient (Wildman–Crippen LogP) is 2.43. The Bertz CT molecular complexity index is 827. The highest BCUT2D eigenvalue weighted by Gasteiger charge is 2.38. The Hall–Kier alpha value is -2.30. The number of morpholine rings is 1. The van der Waals surface area contributed by atoms with Gasteiger partial charge in [0.25, 0.3) is 5.91 Å². The van der Waals surface area contributed by atoms with Gasteiger partial charge in [0.1, 0.15) is 12.6 Å². The molecule has 1 aliphatic heterocycles. The number of carbonyl (C=O) groups excluding carboxylic acids is 2. The third-order valence-electron chi connectivity index (χ3n) is 5.32. The van der Waals surface area contributed by atoms with Crippen LogP contribution in [-0.4, -0.2) is 68.3 Å². The fraction of sp³-hybridized carbons (Fsp3) is 0.636. The molecule has 0 unspecified atom stereocenters. The lowest BCUT2D eigenvalue weighted by atomic mass is 9.95. The van der Waals surface area contributed by atoms with Crippen LogP contribution in [0.3, 0.4) is 0 Å². The summed E-state index contributed by atoms with van der Waals surface area (Å²) in [7, 11) is 0. The van der Waals surface area contributed by atoms with Crippen molar-refractivity contribution in [2.24, 2.45) is 11.1 Å². The summed E-state index contributed by atoms with van der Waals surface area (Å²) >= 11 is 0. The summed E-state index contributed by atoms with van der Waals surface area (Å²) in [5.74, 6) is -0.842. The summed E-state index contributed by atoms with van der Waals surface area (Å²) in [6.45, 7) is 4.47. The van der Waals surface area contributed by atoms with Gasteiger partial charge in [0.05, 0.1) is 12.3 Å². The van der Waals surface area contributed by atoms with Crippen molar-refractivity contribution in [2.45, 2.75) is 52.3 Å². The highest BCUT2D eigenvalue weighted by atomic mass is 19.3. The summed E-state index contributed by atoms with van der Waals surface area (Å²) in [5, 5.41) is 2.78. The second-order valence-corrected chi connectivity index (χ2v) is 9.36. The maximum atomic E-state index is 13.1. The Balaban J connectivity index is 1.80. The summed E-state index contributed by atoms with van der Waals surface area (Å²) in [6.07, 6.45) is 2.04. The summed E-state index contributed by atoms with van der Waals surface area (Å²) < 4.78 is 35.8. The molecule has 0 radical (unpaired) electrons. The Morgan fingerprint density at radius 1 is 1.38 bits per heavy atom. The molecule has 8 nitrogen and oxygen atoms in total. The molecule has 1 heterocycles. The zero-order valence-corrected chi connectivity index (χ0v) is 18.8. The zero-order chi connectivity index (χ0) is 23.5. The van der Waals surface area contributed by atoms with Crippen LogP contribution in [0.2, 0.25) is 0 Å². The normalized spacial score (nSPS) is 18.2. The van der Waals surface area contributed by atoms with Crippen molar-refractivity contribution in [1.29, 1.82) is 0 Å². The van der Waals surface area contributed by atoms with Crippen LogP contribution >= 0.6 is 0 Å². The number of nitrogens with two attached hydrogens (primary N) is 1. The molecule has 3 N–H and O–H groups in total. The Labute approximate surface area is 187 Å². The molecule has 1 saturated heterocycles. The van der Waals surface area contributed by atoms with E-state index in [0.29, 0.717) is 24.9 Å². The molecule has 2 amide bonds. The number of halogens is 2. The van der Waals surface area contributed by atoms with Gasteiger partial charge < -0.3 is 25.4 Å². The number of carbonyl (C=O) groups is 2. The number of hydrogen-bond donors (Lipinski definition) is 2. The van der Waals surface area contributed by atoms with Crippen LogP contribution in [0.1, 0.15) is 33.6 Å². The predicted molar refractivity (Wildman–Crippen MR) is 117 cm³/mol. The van der Waals surface area contributed by atoms with Crippen LogP contribution < -0.4 is 20.7 Å². The van der Waals surface area contributed by atoms with E-state index in [9.17, 15) is 18.4 Å². The van der Waals surface area contributed by atoms with E-state index in [1.54, 1.807) is 6.07 Å². The van der Waals surface area contributed by atoms with Crippen molar-refractivity contribution < 1.29 is 27.8 Å². The van der Waals surface area contributed by atoms with Crippen LogP contribution in [0.25, 0.3) is 0 Å². The van der Waals surface area contributed by atoms with Crippen molar-refractivity contribution >= 4 is 23.2 Å². The van der Waals surface area contributed by atoms with Crippen LogP contribution in [-0.2, 0) is 14.3 Å². The highest BCUT2D eigenvalue weighted by molar-refractivity contribution is 5.98. The quantitative estimate of drug-likeness (QED) is 0.595. The molecule has 1 aromatic rings. The molecule has 1 aromatic carbocycles. The molecule has 2 fully saturated rings. The fourth-order valence-electron chi connectivity index (χ4n) is 3.84. The molecule has 10 heteroatoms. The van der Waals surface area contributed by atoms with Crippen molar-refractivity contribution in [3.63, 3.8) is 0 Å². The lowest BCUT2D eigenvalue weighted by Crippen LogP contribution is -2.52. The monoisotopic (exact) mass is 454 g/mol. The number of nitrogens with zero attached hydrogens (tertiary/aromatic N) is 2. The lowest BCUT2D eigenvalue weighted by molar-refractivity contribution is -0.126. The summed E-state index contributed by atoms with van der Waals surface area (Å²) in [5.41, 5.74) is 6.45. The third kappa shape index (κ3) is 6.36. The molecule has 178 valence electrons. The van der Waals surface area contributed by atoms with E-state index in [1.165, 1.54) is 17.0 Å². The second-order valence-electron chi connectivity index (χ2n) is 9.36. The molecule has 32 heavy (non-hydrogen) atoms. The first-order valence-corrected chi connectivity index (χ1v) is 10.8. The van der Waals surface area contributed by atoms with Gasteiger partial charge in [-0.2, -0.15) is 8.78 Å². The minimum atomic E-state index is -3.08. The Kier molecular flexibility index (Phi) is 7.68. The summed E-state index contributed by atoms with van der Waals surface area (Å²) in [4.78, 5) is 28.7. The van der Waals surface area contributed by atoms with Crippen molar-refractivity contribution in [2.75, 3.05) is 43.1 Å². The van der Waals surface area contributed by atoms with Crippen LogP contribution in [0.5, 0.6) is 5.75 Å². The standard InChI is InChI=1S/C22H32F2N4O4/c1-22(2,3)13-28(15-5-6-15)17(11-25)20(30)26-14-4-7-16(18(10-14)32-21(23)24)27-8-9-31-12-19(27)29/h4,7,10,15,17,21H,5-6,8-9,11-13,25H2,1-3H3,(H,26,30)/t17-/m0/s1. The minimum Gasteiger partial charge on any atom is -0.433 e. The van der Waals surface area contributed by atoms with E-state index in [2.05, 4.69) is 35.7 Å². The molecule has 0 aromatic heterocycles. The van der Waals surface area contributed by atoms with Crippen molar-refractivity contribution in [1.82, 2.24) is 4.90 Å². The lowest BCUT2D eigenvalue weighted by Gasteiger charge is -2.35. The Morgan fingerprint density at radius 2 is 2.09 bits per heavy atom. The summed E-state index contributed by atoms with van der Waals surface area (Å²) in [6, 6.07) is 4.14. The minimum absolute atomic E-state index is 0.0130.